The van der Waals surface area contributed by atoms with Crippen molar-refractivity contribution in [3.05, 3.63) is 16.8 Å². The summed E-state index contributed by atoms with van der Waals surface area (Å²) in [5.74, 6) is 0.416. The summed E-state index contributed by atoms with van der Waals surface area (Å²) in [4.78, 5) is 11.3. The van der Waals surface area contributed by atoms with E-state index >= 15 is 0 Å². The number of nitrogens with one attached hydrogen (secondary N) is 1. The lowest BCUT2D eigenvalue weighted by Gasteiger charge is -2.16. The lowest BCUT2D eigenvalue weighted by Crippen LogP contribution is -2.21. The molecule has 18 heavy (non-hydrogen) atoms. The van der Waals surface area contributed by atoms with Gasteiger partial charge in [-0.15, -0.1) is 5.10 Å². The maximum absolute atomic E-state index is 11.3. The first kappa shape index (κ1) is 14.8. The predicted octanol–water partition coefficient (Wildman–Crippen LogP) is 2.35. The third kappa shape index (κ3) is 3.60. The number of hydrogen-bond donors (Lipinski definition) is 2. The maximum Gasteiger partial charge on any atom is 0.339 e. The molecule has 0 spiro atoms. The Morgan fingerprint density at radius 1 is 1.44 bits per heavy atom. The van der Waals surface area contributed by atoms with Crippen LogP contribution in [0.1, 0.15) is 35.0 Å². The molecule has 0 fully saturated rings. The zero-order chi connectivity index (χ0) is 13.7. The minimum Gasteiger partial charge on any atom is -0.478 e. The molecule has 1 unspecified atom stereocenters. The van der Waals surface area contributed by atoms with Crippen molar-refractivity contribution in [3.63, 3.8) is 0 Å². The highest BCUT2D eigenvalue weighted by atomic mass is 32.2. The number of aryl methyl sites for hydroxylation is 1. The van der Waals surface area contributed by atoms with Crippen LogP contribution in [0.25, 0.3) is 0 Å². The molecule has 1 rings (SSSR count). The number of aromatic nitrogens is 2. The number of carboxylic acid groups (broad SMARTS) is 1. The first-order valence-corrected chi connectivity index (χ1v) is 7.19. The zero-order valence-corrected chi connectivity index (χ0v) is 12.0. The molecular formula is C12H19N3O2S. The number of nitrogens with zero attached hydrogens (tertiary/aromatic N) is 2. The van der Waals surface area contributed by atoms with Gasteiger partial charge in [0, 0.05) is 6.04 Å². The average Bonchev–Trinajstić information content (AvgIpc) is 2.31. The first-order valence-electron chi connectivity index (χ1n) is 5.80. The van der Waals surface area contributed by atoms with E-state index in [1.807, 2.05) is 13.2 Å². The Kier molecular flexibility index (Phi) is 5.40. The van der Waals surface area contributed by atoms with Crippen molar-refractivity contribution in [3.8, 4) is 0 Å². The number of anilines is 1. The SMILES string of the molecule is CSCCC(C)Nc1nnc(C)c(C)c1C(=O)O. The number of carbonyl (C=O) groups is 1. The summed E-state index contributed by atoms with van der Waals surface area (Å²) < 4.78 is 0. The normalized spacial score (nSPS) is 12.2. The van der Waals surface area contributed by atoms with Crippen LogP contribution in [0.15, 0.2) is 0 Å². The van der Waals surface area contributed by atoms with Crippen LogP contribution in [-0.4, -0.2) is 39.3 Å². The third-order valence-corrected chi connectivity index (χ3v) is 3.45. The van der Waals surface area contributed by atoms with E-state index in [1.54, 1.807) is 25.6 Å². The largest absolute Gasteiger partial charge is 0.478 e. The van der Waals surface area contributed by atoms with Crippen LogP contribution in [0.2, 0.25) is 0 Å². The van der Waals surface area contributed by atoms with E-state index in [0.717, 1.165) is 12.2 Å². The third-order valence-electron chi connectivity index (χ3n) is 2.81. The maximum atomic E-state index is 11.3. The van der Waals surface area contributed by atoms with Gasteiger partial charge in [-0.2, -0.15) is 16.9 Å². The van der Waals surface area contributed by atoms with Crippen LogP contribution in [-0.2, 0) is 0 Å². The zero-order valence-electron chi connectivity index (χ0n) is 11.1. The van der Waals surface area contributed by atoms with Gasteiger partial charge in [0.2, 0.25) is 0 Å². The van der Waals surface area contributed by atoms with E-state index in [1.165, 1.54) is 0 Å². The monoisotopic (exact) mass is 269 g/mol. The first-order chi connectivity index (χ1) is 8.47. The molecule has 100 valence electrons. The Balaban J connectivity index is 2.95. The van der Waals surface area contributed by atoms with Gasteiger partial charge in [0.15, 0.2) is 5.82 Å². The van der Waals surface area contributed by atoms with Gasteiger partial charge in [0.05, 0.1) is 5.69 Å². The molecular weight excluding hydrogens is 250 g/mol. The standard InChI is InChI=1S/C12H19N3O2S/c1-7(5-6-18-4)13-11-10(12(16)17)8(2)9(3)14-15-11/h7H,5-6H2,1-4H3,(H,13,15)(H,16,17). The number of hydrogen-bond acceptors (Lipinski definition) is 5. The molecule has 0 aliphatic carbocycles. The Labute approximate surface area is 111 Å². The molecule has 0 radical (unpaired) electrons. The Bertz CT molecular complexity index is 438. The van der Waals surface area contributed by atoms with Crippen LogP contribution >= 0.6 is 11.8 Å². The van der Waals surface area contributed by atoms with E-state index in [-0.39, 0.29) is 11.6 Å². The topological polar surface area (TPSA) is 75.1 Å². The summed E-state index contributed by atoms with van der Waals surface area (Å²) in [7, 11) is 0. The second-order valence-corrected chi connectivity index (χ2v) is 5.25. The second kappa shape index (κ2) is 6.58. The molecule has 0 aliphatic heterocycles. The molecule has 2 N–H and O–H groups in total. The van der Waals surface area contributed by atoms with Crippen LogP contribution < -0.4 is 5.32 Å². The van der Waals surface area contributed by atoms with Gasteiger partial charge in [-0.25, -0.2) is 4.79 Å². The highest BCUT2D eigenvalue weighted by Crippen LogP contribution is 2.19. The van der Waals surface area contributed by atoms with Gasteiger partial charge in [-0.3, -0.25) is 0 Å². The van der Waals surface area contributed by atoms with Crippen molar-refractivity contribution in [2.24, 2.45) is 0 Å². The van der Waals surface area contributed by atoms with Crippen molar-refractivity contribution in [2.75, 3.05) is 17.3 Å². The number of thioether (sulfide) groups is 1. The molecule has 0 saturated heterocycles. The second-order valence-electron chi connectivity index (χ2n) is 4.27. The summed E-state index contributed by atoms with van der Waals surface area (Å²) in [5.41, 5.74) is 1.53. The van der Waals surface area contributed by atoms with Crippen LogP contribution in [0.3, 0.4) is 0 Å². The molecule has 0 saturated carbocycles. The van der Waals surface area contributed by atoms with Gasteiger partial charge in [-0.1, -0.05) is 0 Å². The average molecular weight is 269 g/mol. The molecule has 1 heterocycles. The molecule has 0 aromatic carbocycles. The summed E-state index contributed by atoms with van der Waals surface area (Å²) in [6, 6.07) is 0.173. The quantitative estimate of drug-likeness (QED) is 0.825. The molecule has 1 aromatic rings. The Morgan fingerprint density at radius 2 is 2.11 bits per heavy atom. The van der Waals surface area contributed by atoms with E-state index in [4.69, 9.17) is 0 Å². The highest BCUT2D eigenvalue weighted by molar-refractivity contribution is 7.98. The fourth-order valence-electron chi connectivity index (χ4n) is 1.57. The van der Waals surface area contributed by atoms with Crippen molar-refractivity contribution in [2.45, 2.75) is 33.2 Å². The van der Waals surface area contributed by atoms with Crippen molar-refractivity contribution in [1.82, 2.24) is 10.2 Å². The number of aromatic carboxylic acids is 1. The number of carboxylic acids is 1. The fraction of sp³-hybridized carbons (Fsp3) is 0.583. The highest BCUT2D eigenvalue weighted by Gasteiger charge is 2.18. The molecule has 1 atom stereocenters. The summed E-state index contributed by atoms with van der Waals surface area (Å²) in [6.07, 6.45) is 3.00. The van der Waals surface area contributed by atoms with Crippen LogP contribution in [0.5, 0.6) is 0 Å². The number of rotatable bonds is 6. The van der Waals surface area contributed by atoms with E-state index in [2.05, 4.69) is 15.5 Å². The molecule has 0 bridgehead atoms. The Hall–Kier alpha value is -1.30. The molecule has 0 aliphatic rings. The van der Waals surface area contributed by atoms with Crippen LogP contribution in [0.4, 0.5) is 5.82 Å². The van der Waals surface area contributed by atoms with Gasteiger partial charge >= 0.3 is 5.97 Å². The summed E-state index contributed by atoms with van der Waals surface area (Å²) in [6.45, 7) is 5.53. The molecule has 6 heteroatoms. The van der Waals surface area contributed by atoms with Gasteiger partial charge in [0.1, 0.15) is 5.56 Å². The van der Waals surface area contributed by atoms with E-state index in [9.17, 15) is 9.90 Å². The van der Waals surface area contributed by atoms with Crippen molar-refractivity contribution < 1.29 is 9.90 Å². The molecule has 0 amide bonds. The lowest BCUT2D eigenvalue weighted by molar-refractivity contribution is 0.0696. The Morgan fingerprint density at radius 3 is 2.67 bits per heavy atom. The minimum atomic E-state index is -0.968. The predicted molar refractivity (Wildman–Crippen MR) is 74.5 cm³/mol. The van der Waals surface area contributed by atoms with Gasteiger partial charge in [-0.05, 0) is 44.8 Å². The van der Waals surface area contributed by atoms with Gasteiger partial charge in [0.25, 0.3) is 0 Å². The van der Waals surface area contributed by atoms with Crippen molar-refractivity contribution >= 4 is 23.5 Å². The van der Waals surface area contributed by atoms with Crippen molar-refractivity contribution in [1.29, 1.82) is 0 Å². The van der Waals surface area contributed by atoms with Gasteiger partial charge < -0.3 is 10.4 Å². The molecule has 1 aromatic heterocycles. The van der Waals surface area contributed by atoms with E-state index in [0.29, 0.717) is 17.1 Å². The minimum absolute atomic E-state index is 0.173. The summed E-state index contributed by atoms with van der Waals surface area (Å²) >= 11 is 1.76. The lowest BCUT2D eigenvalue weighted by atomic mass is 10.1. The smallest absolute Gasteiger partial charge is 0.339 e. The fourth-order valence-corrected chi connectivity index (χ4v) is 2.16. The van der Waals surface area contributed by atoms with E-state index < -0.39 is 5.97 Å². The summed E-state index contributed by atoms with van der Waals surface area (Å²) in [5, 5.41) is 20.3. The molecule has 5 nitrogen and oxygen atoms in total. The van der Waals surface area contributed by atoms with Crippen LogP contribution in [0, 0.1) is 13.8 Å².